The van der Waals surface area contributed by atoms with Gasteiger partial charge in [-0.25, -0.2) is 0 Å². The molecule has 0 unspecified atom stereocenters. The van der Waals surface area contributed by atoms with Crippen LogP contribution in [0.2, 0.25) is 0 Å². The van der Waals surface area contributed by atoms with Gasteiger partial charge in [0.25, 0.3) is 0 Å². The SMILES string of the molecule is CCC1(CC)CN(Cc2cncs2)CCCN1. The summed E-state index contributed by atoms with van der Waals surface area (Å²) in [5, 5.41) is 3.75. The van der Waals surface area contributed by atoms with Crippen molar-refractivity contribution in [3.05, 3.63) is 16.6 Å². The number of hydrogen-bond acceptors (Lipinski definition) is 4. The van der Waals surface area contributed by atoms with Crippen molar-refractivity contribution in [2.45, 2.75) is 45.2 Å². The summed E-state index contributed by atoms with van der Waals surface area (Å²) < 4.78 is 0. The second-order valence-electron chi connectivity index (χ2n) is 4.95. The Labute approximate surface area is 108 Å². The number of thiazole rings is 1. The van der Waals surface area contributed by atoms with Gasteiger partial charge in [0.05, 0.1) is 5.51 Å². The highest BCUT2D eigenvalue weighted by Crippen LogP contribution is 2.21. The molecular weight excluding hydrogens is 230 g/mol. The summed E-state index contributed by atoms with van der Waals surface area (Å²) in [5.74, 6) is 0. The van der Waals surface area contributed by atoms with E-state index in [2.05, 4.69) is 29.0 Å². The molecule has 0 atom stereocenters. The van der Waals surface area contributed by atoms with Crippen molar-refractivity contribution < 1.29 is 0 Å². The Hall–Kier alpha value is -0.450. The van der Waals surface area contributed by atoms with Crippen LogP contribution in [0, 0.1) is 0 Å². The number of aromatic nitrogens is 1. The average Bonchev–Trinajstić information content (AvgIpc) is 2.76. The van der Waals surface area contributed by atoms with Crippen LogP contribution in [-0.2, 0) is 6.54 Å². The fourth-order valence-corrected chi connectivity index (χ4v) is 3.25. The third-order valence-corrected chi connectivity index (χ3v) is 4.66. The third-order valence-electron chi connectivity index (χ3n) is 3.89. The van der Waals surface area contributed by atoms with E-state index in [1.165, 1.54) is 30.7 Å². The van der Waals surface area contributed by atoms with Gasteiger partial charge in [-0.1, -0.05) is 13.8 Å². The van der Waals surface area contributed by atoms with Gasteiger partial charge < -0.3 is 5.32 Å². The highest BCUT2D eigenvalue weighted by atomic mass is 32.1. The second-order valence-corrected chi connectivity index (χ2v) is 5.92. The Morgan fingerprint density at radius 2 is 2.29 bits per heavy atom. The highest BCUT2D eigenvalue weighted by Gasteiger charge is 2.30. The van der Waals surface area contributed by atoms with E-state index in [0.29, 0.717) is 5.54 Å². The van der Waals surface area contributed by atoms with Crippen molar-refractivity contribution in [1.82, 2.24) is 15.2 Å². The van der Waals surface area contributed by atoms with Gasteiger partial charge in [0.15, 0.2) is 0 Å². The first-order valence-corrected chi connectivity index (χ1v) is 7.51. The largest absolute Gasteiger partial charge is 0.310 e. The second kappa shape index (κ2) is 5.94. The Morgan fingerprint density at radius 1 is 1.47 bits per heavy atom. The molecule has 0 bridgehead atoms. The number of hydrogen-bond donors (Lipinski definition) is 1. The first-order valence-electron chi connectivity index (χ1n) is 6.63. The van der Waals surface area contributed by atoms with Crippen molar-refractivity contribution in [3.8, 4) is 0 Å². The molecule has 0 spiro atoms. The fraction of sp³-hybridized carbons (Fsp3) is 0.769. The minimum absolute atomic E-state index is 0.321. The quantitative estimate of drug-likeness (QED) is 0.893. The molecule has 0 radical (unpaired) electrons. The molecule has 4 heteroatoms. The Bertz CT molecular complexity index is 319. The molecule has 17 heavy (non-hydrogen) atoms. The Balaban J connectivity index is 2.01. The molecule has 1 aromatic heterocycles. The van der Waals surface area contributed by atoms with Gasteiger partial charge in [-0.3, -0.25) is 9.88 Å². The summed E-state index contributed by atoms with van der Waals surface area (Å²) >= 11 is 1.77. The first kappa shape index (κ1) is 13.0. The van der Waals surface area contributed by atoms with Crippen LogP contribution < -0.4 is 5.32 Å². The van der Waals surface area contributed by atoms with E-state index in [1.807, 2.05) is 11.7 Å². The standard InChI is InChI=1S/C13H23N3S/c1-3-13(4-2)10-16(7-5-6-15-13)9-12-8-14-11-17-12/h8,11,15H,3-7,9-10H2,1-2H3. The molecule has 3 nitrogen and oxygen atoms in total. The van der Waals surface area contributed by atoms with Crippen molar-refractivity contribution in [3.63, 3.8) is 0 Å². The summed E-state index contributed by atoms with van der Waals surface area (Å²) in [6.07, 6.45) is 5.68. The molecule has 1 aliphatic heterocycles. The number of nitrogens with one attached hydrogen (secondary N) is 1. The van der Waals surface area contributed by atoms with Gasteiger partial charge in [-0.15, -0.1) is 11.3 Å². The maximum absolute atomic E-state index is 4.16. The summed E-state index contributed by atoms with van der Waals surface area (Å²) in [6, 6.07) is 0. The van der Waals surface area contributed by atoms with Crippen molar-refractivity contribution >= 4 is 11.3 Å². The molecule has 1 saturated heterocycles. The van der Waals surface area contributed by atoms with Crippen molar-refractivity contribution in [2.24, 2.45) is 0 Å². The molecule has 1 aromatic rings. The predicted molar refractivity (Wildman–Crippen MR) is 73.3 cm³/mol. The van der Waals surface area contributed by atoms with Gasteiger partial charge in [-0.05, 0) is 32.4 Å². The zero-order valence-corrected chi connectivity index (χ0v) is 11.7. The number of rotatable bonds is 4. The van der Waals surface area contributed by atoms with E-state index in [0.717, 1.165) is 19.6 Å². The number of nitrogens with zero attached hydrogens (tertiary/aromatic N) is 2. The molecule has 0 saturated carbocycles. The molecular formula is C13H23N3S. The molecule has 96 valence electrons. The van der Waals surface area contributed by atoms with Crippen molar-refractivity contribution in [1.29, 1.82) is 0 Å². The lowest BCUT2D eigenvalue weighted by molar-refractivity contribution is 0.192. The van der Waals surface area contributed by atoms with E-state index in [4.69, 9.17) is 0 Å². The van der Waals surface area contributed by atoms with Gasteiger partial charge in [0, 0.05) is 29.7 Å². The molecule has 1 N–H and O–H groups in total. The molecule has 1 aliphatic rings. The smallest absolute Gasteiger partial charge is 0.0794 e. The minimum Gasteiger partial charge on any atom is -0.310 e. The van der Waals surface area contributed by atoms with E-state index in [9.17, 15) is 0 Å². The molecule has 2 rings (SSSR count). The van der Waals surface area contributed by atoms with E-state index >= 15 is 0 Å². The average molecular weight is 253 g/mol. The van der Waals surface area contributed by atoms with Crippen LogP contribution in [0.3, 0.4) is 0 Å². The lowest BCUT2D eigenvalue weighted by atomic mass is 9.92. The minimum atomic E-state index is 0.321. The van der Waals surface area contributed by atoms with Crippen LogP contribution in [0.25, 0.3) is 0 Å². The van der Waals surface area contributed by atoms with Crippen LogP contribution in [0.5, 0.6) is 0 Å². The zero-order chi connectivity index (χ0) is 12.1. The molecule has 2 heterocycles. The predicted octanol–water partition coefficient (Wildman–Crippen LogP) is 2.50. The third kappa shape index (κ3) is 3.27. The van der Waals surface area contributed by atoms with Gasteiger partial charge >= 0.3 is 0 Å². The summed E-state index contributed by atoms with van der Waals surface area (Å²) in [7, 11) is 0. The van der Waals surface area contributed by atoms with Crippen LogP contribution in [0.15, 0.2) is 11.7 Å². The maximum atomic E-state index is 4.16. The monoisotopic (exact) mass is 253 g/mol. The van der Waals surface area contributed by atoms with Gasteiger partial charge in [0.2, 0.25) is 0 Å². The summed E-state index contributed by atoms with van der Waals surface area (Å²) in [5.41, 5.74) is 2.25. The van der Waals surface area contributed by atoms with Crippen LogP contribution in [0.1, 0.15) is 38.0 Å². The summed E-state index contributed by atoms with van der Waals surface area (Å²) in [4.78, 5) is 8.13. The highest BCUT2D eigenvalue weighted by molar-refractivity contribution is 7.09. The molecule has 0 amide bonds. The molecule has 1 fully saturated rings. The maximum Gasteiger partial charge on any atom is 0.0794 e. The topological polar surface area (TPSA) is 28.2 Å². The normalized spacial score (nSPS) is 21.3. The van der Waals surface area contributed by atoms with E-state index in [1.54, 1.807) is 11.3 Å². The van der Waals surface area contributed by atoms with E-state index < -0.39 is 0 Å². The van der Waals surface area contributed by atoms with Gasteiger partial charge in [-0.2, -0.15) is 0 Å². The molecule has 0 aromatic carbocycles. The summed E-state index contributed by atoms with van der Waals surface area (Å²) in [6.45, 7) is 9.18. The lowest BCUT2D eigenvalue weighted by Crippen LogP contribution is -2.50. The van der Waals surface area contributed by atoms with Crippen molar-refractivity contribution in [2.75, 3.05) is 19.6 Å². The first-order chi connectivity index (χ1) is 8.28. The molecule has 0 aliphatic carbocycles. The van der Waals surface area contributed by atoms with Gasteiger partial charge in [0.1, 0.15) is 0 Å². The Morgan fingerprint density at radius 3 is 2.94 bits per heavy atom. The van der Waals surface area contributed by atoms with Crippen LogP contribution in [0.4, 0.5) is 0 Å². The van der Waals surface area contributed by atoms with Crippen LogP contribution >= 0.6 is 11.3 Å². The Kier molecular flexibility index (Phi) is 4.54. The van der Waals surface area contributed by atoms with E-state index in [-0.39, 0.29) is 0 Å². The van der Waals surface area contributed by atoms with Crippen LogP contribution in [-0.4, -0.2) is 35.1 Å². The fourth-order valence-electron chi connectivity index (χ4n) is 2.62. The lowest BCUT2D eigenvalue weighted by Gasteiger charge is -2.35. The zero-order valence-electron chi connectivity index (χ0n) is 10.9.